The van der Waals surface area contributed by atoms with Gasteiger partial charge in [-0.15, -0.1) is 0 Å². The summed E-state index contributed by atoms with van der Waals surface area (Å²) in [6.45, 7) is 2.64. The molecule has 0 aromatic carbocycles. The minimum Gasteiger partial charge on any atom is -0.422 e. The maximum atomic E-state index is 13.2. The van der Waals surface area contributed by atoms with Crippen LogP contribution in [0.4, 0.5) is 16.5 Å². The van der Waals surface area contributed by atoms with Gasteiger partial charge in [0.05, 0.1) is 30.3 Å². The molecule has 0 unspecified atom stereocenters. The quantitative estimate of drug-likeness (QED) is 0.402. The van der Waals surface area contributed by atoms with Gasteiger partial charge in [-0.25, -0.2) is 19.7 Å². The molecular formula is C25H23N7O5. The van der Waals surface area contributed by atoms with Crippen LogP contribution in [0.3, 0.4) is 0 Å². The van der Waals surface area contributed by atoms with Gasteiger partial charge in [0.15, 0.2) is 5.58 Å². The highest BCUT2D eigenvalue weighted by molar-refractivity contribution is 6.04. The molecule has 188 valence electrons. The van der Waals surface area contributed by atoms with E-state index in [0.717, 1.165) is 18.5 Å². The van der Waals surface area contributed by atoms with Gasteiger partial charge in [0, 0.05) is 42.9 Å². The van der Waals surface area contributed by atoms with Gasteiger partial charge in [-0.1, -0.05) is 6.07 Å². The van der Waals surface area contributed by atoms with Crippen LogP contribution in [-0.4, -0.2) is 58.2 Å². The molecule has 4 aromatic heterocycles. The molecule has 1 saturated carbocycles. The molecule has 0 bridgehead atoms. The van der Waals surface area contributed by atoms with Crippen molar-refractivity contribution >= 4 is 34.9 Å². The summed E-state index contributed by atoms with van der Waals surface area (Å²) in [5.74, 6) is -0.0287. The van der Waals surface area contributed by atoms with Gasteiger partial charge in [-0.3, -0.25) is 4.79 Å². The van der Waals surface area contributed by atoms with Crippen LogP contribution in [0.1, 0.15) is 34.9 Å². The molecule has 4 aromatic rings. The van der Waals surface area contributed by atoms with E-state index in [4.69, 9.17) is 24.6 Å². The van der Waals surface area contributed by atoms with E-state index >= 15 is 0 Å². The molecule has 0 atom stereocenters. The largest absolute Gasteiger partial charge is 0.422 e. The van der Waals surface area contributed by atoms with E-state index in [-0.39, 0.29) is 23.4 Å². The molecule has 1 aliphatic heterocycles. The van der Waals surface area contributed by atoms with E-state index in [0.29, 0.717) is 60.5 Å². The van der Waals surface area contributed by atoms with Crippen molar-refractivity contribution in [3.63, 3.8) is 0 Å². The van der Waals surface area contributed by atoms with Crippen molar-refractivity contribution < 1.29 is 23.5 Å². The Morgan fingerprint density at radius 3 is 2.65 bits per heavy atom. The highest BCUT2D eigenvalue weighted by atomic mass is 16.6. The first-order valence-electron chi connectivity index (χ1n) is 11.9. The van der Waals surface area contributed by atoms with Crippen LogP contribution in [0.5, 0.6) is 5.88 Å². The Bertz CT molecular complexity index is 1480. The Labute approximate surface area is 210 Å². The van der Waals surface area contributed by atoms with Crippen LogP contribution in [0.25, 0.3) is 22.5 Å². The lowest BCUT2D eigenvalue weighted by atomic mass is 10.1. The van der Waals surface area contributed by atoms with Crippen molar-refractivity contribution in [2.45, 2.75) is 18.8 Å². The summed E-state index contributed by atoms with van der Waals surface area (Å²) in [6, 6.07) is 10.6. The van der Waals surface area contributed by atoms with Crippen LogP contribution >= 0.6 is 0 Å². The van der Waals surface area contributed by atoms with Gasteiger partial charge in [-0.05, 0) is 31.0 Å². The molecular weight excluding hydrogens is 478 g/mol. The minimum absolute atomic E-state index is 0.0739. The number of morpholine rings is 1. The molecule has 5 heterocycles. The maximum Gasteiger partial charge on any atom is 0.411 e. The standard InChI is InChI=1S/C25H23N7O5/c26-24(34)37-20-7-6-15(13-27-20)16-2-1-3-17(28-16)23(33)29-18-12-19-22(30-21(18)14-4-5-14)31-25(36-19)32-8-10-35-11-9-32/h1-3,6-7,12-14H,4-5,8-11H2,(H2,26,34)(H,29,33). The fraction of sp³-hybridized carbons (Fsp3) is 0.280. The Kier molecular flexibility index (Phi) is 5.85. The van der Waals surface area contributed by atoms with E-state index in [9.17, 15) is 9.59 Å². The second kappa shape index (κ2) is 9.47. The number of anilines is 2. The minimum atomic E-state index is -0.946. The Morgan fingerprint density at radius 1 is 1.08 bits per heavy atom. The van der Waals surface area contributed by atoms with Crippen LogP contribution in [-0.2, 0) is 4.74 Å². The lowest BCUT2D eigenvalue weighted by Gasteiger charge is -2.24. The zero-order valence-corrected chi connectivity index (χ0v) is 19.7. The summed E-state index contributed by atoms with van der Waals surface area (Å²) in [5, 5.41) is 2.97. The number of rotatable bonds is 6. The zero-order valence-electron chi connectivity index (χ0n) is 19.7. The van der Waals surface area contributed by atoms with Crippen LogP contribution < -0.4 is 20.7 Å². The fourth-order valence-electron chi connectivity index (χ4n) is 4.13. The molecule has 3 N–H and O–H groups in total. The number of nitrogens with zero attached hydrogens (tertiary/aromatic N) is 5. The Morgan fingerprint density at radius 2 is 1.92 bits per heavy atom. The molecule has 6 rings (SSSR count). The number of primary amides is 1. The summed E-state index contributed by atoms with van der Waals surface area (Å²) < 4.78 is 16.1. The number of hydrogen-bond acceptors (Lipinski definition) is 10. The number of oxazole rings is 1. The summed E-state index contributed by atoms with van der Waals surface area (Å²) in [7, 11) is 0. The smallest absolute Gasteiger partial charge is 0.411 e. The number of nitrogens with two attached hydrogens (primary N) is 1. The second-order valence-corrected chi connectivity index (χ2v) is 8.78. The number of aromatic nitrogens is 4. The molecule has 0 spiro atoms. The predicted octanol–water partition coefficient (Wildman–Crippen LogP) is 3.10. The molecule has 2 amide bonds. The van der Waals surface area contributed by atoms with E-state index in [1.165, 1.54) is 12.3 Å². The van der Waals surface area contributed by atoms with Crippen molar-refractivity contribution in [1.82, 2.24) is 19.9 Å². The van der Waals surface area contributed by atoms with Crippen LogP contribution in [0.2, 0.25) is 0 Å². The highest BCUT2D eigenvalue weighted by Crippen LogP contribution is 2.43. The van der Waals surface area contributed by atoms with Gasteiger partial charge >= 0.3 is 6.09 Å². The topological polar surface area (TPSA) is 159 Å². The van der Waals surface area contributed by atoms with Gasteiger partial charge in [0.25, 0.3) is 11.9 Å². The number of hydrogen-bond donors (Lipinski definition) is 2. The average Bonchev–Trinajstić information content (AvgIpc) is 3.68. The lowest BCUT2D eigenvalue weighted by molar-refractivity contribution is 0.102. The summed E-state index contributed by atoms with van der Waals surface area (Å²) in [6.07, 6.45) is 2.55. The van der Waals surface area contributed by atoms with Crippen molar-refractivity contribution in [2.24, 2.45) is 5.73 Å². The first-order chi connectivity index (χ1) is 18.0. The second-order valence-electron chi connectivity index (χ2n) is 8.78. The third-order valence-corrected chi connectivity index (χ3v) is 6.11. The molecule has 37 heavy (non-hydrogen) atoms. The van der Waals surface area contributed by atoms with E-state index in [1.54, 1.807) is 30.3 Å². The third-order valence-electron chi connectivity index (χ3n) is 6.11. The van der Waals surface area contributed by atoms with Crippen molar-refractivity contribution in [3.8, 4) is 17.1 Å². The SMILES string of the molecule is NC(=O)Oc1ccc(-c2cccc(C(=O)Nc3cc4oc(N5CCOCC5)nc4nc3C3CC3)n2)cn1. The fourth-order valence-corrected chi connectivity index (χ4v) is 4.13. The molecule has 12 heteroatoms. The summed E-state index contributed by atoms with van der Waals surface area (Å²) in [4.78, 5) is 44.0. The van der Waals surface area contributed by atoms with Crippen molar-refractivity contribution in [2.75, 3.05) is 36.5 Å². The Balaban J connectivity index is 1.25. The molecule has 2 fully saturated rings. The predicted molar refractivity (Wildman–Crippen MR) is 132 cm³/mol. The van der Waals surface area contributed by atoms with E-state index in [2.05, 4.69) is 20.3 Å². The normalized spacial score (nSPS) is 15.5. The van der Waals surface area contributed by atoms with Gasteiger partial charge in [0.1, 0.15) is 5.69 Å². The van der Waals surface area contributed by atoms with E-state index in [1.807, 2.05) is 4.90 Å². The molecule has 0 radical (unpaired) electrons. The van der Waals surface area contributed by atoms with E-state index < -0.39 is 6.09 Å². The van der Waals surface area contributed by atoms with Crippen LogP contribution in [0.15, 0.2) is 47.0 Å². The summed E-state index contributed by atoms with van der Waals surface area (Å²) >= 11 is 0. The number of amides is 2. The zero-order chi connectivity index (χ0) is 25.4. The molecule has 2 aliphatic rings. The van der Waals surface area contributed by atoms with Gasteiger partial charge in [0.2, 0.25) is 11.5 Å². The number of nitrogens with one attached hydrogen (secondary N) is 1. The lowest BCUT2D eigenvalue weighted by Crippen LogP contribution is -2.36. The molecule has 1 aliphatic carbocycles. The van der Waals surface area contributed by atoms with Gasteiger partial charge < -0.3 is 29.8 Å². The average molecular weight is 502 g/mol. The molecule has 12 nitrogen and oxygen atoms in total. The van der Waals surface area contributed by atoms with Crippen molar-refractivity contribution in [1.29, 1.82) is 0 Å². The molecule has 1 saturated heterocycles. The Hall–Kier alpha value is -4.58. The number of carbonyl (C=O) groups excluding carboxylic acids is 2. The monoisotopic (exact) mass is 501 g/mol. The highest BCUT2D eigenvalue weighted by Gasteiger charge is 2.30. The van der Waals surface area contributed by atoms with Gasteiger partial charge in [-0.2, -0.15) is 4.98 Å². The van der Waals surface area contributed by atoms with Crippen LogP contribution in [0, 0.1) is 0 Å². The number of fused-ring (bicyclic) bond motifs is 1. The first-order valence-corrected chi connectivity index (χ1v) is 11.9. The number of carbonyl (C=O) groups is 2. The maximum absolute atomic E-state index is 13.2. The summed E-state index contributed by atoms with van der Waals surface area (Å²) in [5.41, 5.74) is 8.84. The number of ether oxygens (including phenoxy) is 2. The van der Waals surface area contributed by atoms with Crippen molar-refractivity contribution in [3.05, 3.63) is 54.0 Å². The third kappa shape index (κ3) is 4.91. The number of pyridine rings is 3. The first kappa shape index (κ1) is 22.9.